The number of hydrogen-bond donors (Lipinski definition) is 1. The van der Waals surface area contributed by atoms with Gasteiger partial charge in [0.25, 0.3) is 5.91 Å². The van der Waals surface area contributed by atoms with Gasteiger partial charge in [-0.2, -0.15) is 0 Å². The van der Waals surface area contributed by atoms with Gasteiger partial charge in [-0.25, -0.2) is 0 Å². The van der Waals surface area contributed by atoms with Gasteiger partial charge in [0, 0.05) is 23.7 Å². The highest BCUT2D eigenvalue weighted by Crippen LogP contribution is 2.23. The van der Waals surface area contributed by atoms with Gasteiger partial charge in [-0.05, 0) is 56.9 Å². The molecule has 0 saturated heterocycles. The predicted octanol–water partition coefficient (Wildman–Crippen LogP) is 3.74. The molecule has 1 heterocycles. The maximum atomic E-state index is 12.6. The number of fused-ring (bicyclic) bond motifs is 1. The Labute approximate surface area is 153 Å². The van der Waals surface area contributed by atoms with E-state index in [2.05, 4.69) is 15.2 Å². The van der Waals surface area contributed by atoms with E-state index in [0.717, 1.165) is 28.8 Å². The smallest absolute Gasteiger partial charge is 0.255 e. The Morgan fingerprint density at radius 3 is 2.73 bits per heavy atom. The van der Waals surface area contributed by atoms with Crippen LogP contribution in [0, 0.1) is 6.92 Å². The summed E-state index contributed by atoms with van der Waals surface area (Å²) < 4.78 is 5.77. The normalized spacial score (nSPS) is 10.9. The van der Waals surface area contributed by atoms with Crippen LogP contribution in [0.1, 0.15) is 15.9 Å². The number of aryl methyl sites for hydroxylation is 1. The van der Waals surface area contributed by atoms with Gasteiger partial charge in [0.15, 0.2) is 0 Å². The molecule has 1 amide bonds. The molecule has 0 spiro atoms. The fourth-order valence-corrected chi connectivity index (χ4v) is 2.69. The monoisotopic (exact) mass is 349 g/mol. The summed E-state index contributed by atoms with van der Waals surface area (Å²) in [6.07, 6.45) is 1.72. The number of carbonyl (C=O) groups is 1. The highest BCUT2D eigenvalue weighted by atomic mass is 16.5. The first-order valence-corrected chi connectivity index (χ1v) is 8.58. The highest BCUT2D eigenvalue weighted by Gasteiger charge is 2.11. The van der Waals surface area contributed by atoms with Crippen molar-refractivity contribution in [1.82, 2.24) is 9.88 Å². The molecule has 3 aromatic rings. The number of benzene rings is 2. The number of nitrogens with zero attached hydrogens (tertiary/aromatic N) is 2. The van der Waals surface area contributed by atoms with Crippen molar-refractivity contribution in [2.24, 2.45) is 0 Å². The van der Waals surface area contributed by atoms with Gasteiger partial charge in [0.1, 0.15) is 12.4 Å². The SMILES string of the molecule is Cc1cc(C(=O)Nc2cccc3cccnc23)ccc1OCCN(C)C. The zero-order valence-corrected chi connectivity index (χ0v) is 15.3. The van der Waals surface area contributed by atoms with Crippen LogP contribution in [0.2, 0.25) is 0 Å². The summed E-state index contributed by atoms with van der Waals surface area (Å²) in [5, 5.41) is 3.95. The minimum atomic E-state index is -0.161. The number of likely N-dealkylation sites (N-methyl/N-ethyl adjacent to an activating group) is 1. The lowest BCUT2D eigenvalue weighted by Crippen LogP contribution is -2.19. The van der Waals surface area contributed by atoms with Gasteiger partial charge in [0.2, 0.25) is 0 Å². The number of pyridine rings is 1. The van der Waals surface area contributed by atoms with E-state index in [1.807, 2.05) is 63.5 Å². The number of para-hydroxylation sites is 1. The van der Waals surface area contributed by atoms with E-state index in [1.165, 1.54) is 0 Å². The largest absolute Gasteiger partial charge is 0.492 e. The van der Waals surface area contributed by atoms with Gasteiger partial charge in [0.05, 0.1) is 11.2 Å². The molecule has 0 atom stereocenters. The van der Waals surface area contributed by atoms with Crippen molar-refractivity contribution in [2.45, 2.75) is 6.92 Å². The van der Waals surface area contributed by atoms with Gasteiger partial charge in [-0.1, -0.05) is 18.2 Å². The number of rotatable bonds is 6. The number of ether oxygens (including phenoxy) is 1. The second-order valence-corrected chi connectivity index (χ2v) is 6.47. The molecule has 3 rings (SSSR count). The molecule has 134 valence electrons. The average molecular weight is 349 g/mol. The highest BCUT2D eigenvalue weighted by molar-refractivity contribution is 6.08. The molecule has 0 aliphatic rings. The van der Waals surface area contributed by atoms with Crippen molar-refractivity contribution in [3.05, 3.63) is 65.9 Å². The second-order valence-electron chi connectivity index (χ2n) is 6.47. The molecule has 2 aromatic carbocycles. The quantitative estimate of drug-likeness (QED) is 0.737. The maximum Gasteiger partial charge on any atom is 0.255 e. The molecule has 0 unspecified atom stereocenters. The minimum Gasteiger partial charge on any atom is -0.492 e. The molecule has 0 radical (unpaired) electrons. The Kier molecular flexibility index (Phi) is 5.49. The molecular weight excluding hydrogens is 326 g/mol. The topological polar surface area (TPSA) is 54.5 Å². The van der Waals surface area contributed by atoms with Gasteiger partial charge in [-0.15, -0.1) is 0 Å². The van der Waals surface area contributed by atoms with E-state index in [4.69, 9.17) is 4.74 Å². The molecule has 5 heteroatoms. The summed E-state index contributed by atoms with van der Waals surface area (Å²) >= 11 is 0. The molecule has 0 aliphatic heterocycles. The van der Waals surface area contributed by atoms with Crippen LogP contribution in [0.3, 0.4) is 0 Å². The molecular formula is C21H23N3O2. The number of nitrogens with one attached hydrogen (secondary N) is 1. The maximum absolute atomic E-state index is 12.6. The first-order valence-electron chi connectivity index (χ1n) is 8.58. The fourth-order valence-electron chi connectivity index (χ4n) is 2.69. The number of carbonyl (C=O) groups excluding carboxylic acids is 1. The van der Waals surface area contributed by atoms with Crippen LogP contribution < -0.4 is 10.1 Å². The average Bonchev–Trinajstić information content (AvgIpc) is 2.63. The lowest BCUT2D eigenvalue weighted by Gasteiger charge is -2.13. The third-order valence-corrected chi connectivity index (χ3v) is 4.11. The van der Waals surface area contributed by atoms with Crippen LogP contribution in [0.25, 0.3) is 10.9 Å². The van der Waals surface area contributed by atoms with Crippen molar-refractivity contribution < 1.29 is 9.53 Å². The second kappa shape index (κ2) is 7.97. The van der Waals surface area contributed by atoms with E-state index in [1.54, 1.807) is 12.3 Å². The van der Waals surface area contributed by atoms with E-state index in [0.29, 0.717) is 17.9 Å². The summed E-state index contributed by atoms with van der Waals surface area (Å²) in [7, 11) is 4.01. The molecule has 1 N–H and O–H groups in total. The minimum absolute atomic E-state index is 0.161. The summed E-state index contributed by atoms with van der Waals surface area (Å²) in [6.45, 7) is 3.40. The summed E-state index contributed by atoms with van der Waals surface area (Å²) in [5.74, 6) is 0.640. The number of aromatic nitrogens is 1. The molecule has 26 heavy (non-hydrogen) atoms. The zero-order chi connectivity index (χ0) is 18.5. The van der Waals surface area contributed by atoms with Crippen molar-refractivity contribution in [2.75, 3.05) is 32.6 Å². The molecule has 0 saturated carbocycles. The van der Waals surface area contributed by atoms with E-state index in [-0.39, 0.29) is 5.91 Å². The van der Waals surface area contributed by atoms with E-state index < -0.39 is 0 Å². The standard InChI is InChI=1S/C21H23N3O2/c1-15-14-17(9-10-19(15)26-13-12-24(2)3)21(25)23-18-8-4-6-16-7-5-11-22-20(16)18/h4-11,14H,12-13H2,1-3H3,(H,23,25). The van der Waals surface area contributed by atoms with Crippen LogP contribution in [0.4, 0.5) is 5.69 Å². The van der Waals surface area contributed by atoms with Crippen molar-refractivity contribution in [3.63, 3.8) is 0 Å². The van der Waals surface area contributed by atoms with Crippen molar-refractivity contribution in [1.29, 1.82) is 0 Å². The Morgan fingerprint density at radius 2 is 1.96 bits per heavy atom. The third-order valence-electron chi connectivity index (χ3n) is 4.11. The summed E-state index contributed by atoms with van der Waals surface area (Å²) in [6, 6.07) is 15.1. The number of hydrogen-bond acceptors (Lipinski definition) is 4. The van der Waals surface area contributed by atoms with E-state index in [9.17, 15) is 4.79 Å². The number of anilines is 1. The molecule has 5 nitrogen and oxygen atoms in total. The van der Waals surface area contributed by atoms with Crippen molar-refractivity contribution in [3.8, 4) is 5.75 Å². The first-order chi connectivity index (χ1) is 12.5. The zero-order valence-electron chi connectivity index (χ0n) is 15.3. The van der Waals surface area contributed by atoms with Crippen LogP contribution in [-0.2, 0) is 0 Å². The molecule has 0 aliphatic carbocycles. The fraction of sp³-hybridized carbons (Fsp3) is 0.238. The van der Waals surface area contributed by atoms with Crippen LogP contribution in [0.5, 0.6) is 5.75 Å². The first kappa shape index (κ1) is 17.9. The summed E-state index contributed by atoms with van der Waals surface area (Å²) in [4.78, 5) is 19.1. The van der Waals surface area contributed by atoms with Crippen LogP contribution in [-0.4, -0.2) is 43.0 Å². The lowest BCUT2D eigenvalue weighted by molar-refractivity contribution is 0.102. The lowest BCUT2D eigenvalue weighted by atomic mass is 10.1. The Balaban J connectivity index is 1.74. The van der Waals surface area contributed by atoms with E-state index >= 15 is 0 Å². The van der Waals surface area contributed by atoms with Crippen molar-refractivity contribution >= 4 is 22.5 Å². The molecule has 0 bridgehead atoms. The number of amides is 1. The van der Waals surface area contributed by atoms with Crippen LogP contribution in [0.15, 0.2) is 54.7 Å². The summed E-state index contributed by atoms with van der Waals surface area (Å²) in [5.41, 5.74) is 3.02. The molecule has 1 aromatic heterocycles. The Bertz CT molecular complexity index is 917. The van der Waals surface area contributed by atoms with Gasteiger partial charge >= 0.3 is 0 Å². The Morgan fingerprint density at radius 1 is 1.15 bits per heavy atom. The van der Waals surface area contributed by atoms with Gasteiger partial charge < -0.3 is 15.0 Å². The molecule has 0 fully saturated rings. The third kappa shape index (κ3) is 4.18. The van der Waals surface area contributed by atoms with Gasteiger partial charge in [-0.3, -0.25) is 9.78 Å². The Hall–Kier alpha value is -2.92. The predicted molar refractivity (Wildman–Crippen MR) is 105 cm³/mol. The van der Waals surface area contributed by atoms with Crippen LogP contribution >= 0.6 is 0 Å².